The van der Waals surface area contributed by atoms with Crippen LogP contribution in [0.15, 0.2) is 52.2 Å². The van der Waals surface area contributed by atoms with Crippen LogP contribution in [0.2, 0.25) is 10.0 Å². The summed E-state index contributed by atoms with van der Waals surface area (Å²) in [5.74, 6) is 1.02. The van der Waals surface area contributed by atoms with Crippen molar-refractivity contribution in [3.63, 3.8) is 0 Å². The number of nitrogens with two attached hydrogens (primary N) is 1. The van der Waals surface area contributed by atoms with Crippen molar-refractivity contribution in [2.24, 2.45) is 0 Å². The summed E-state index contributed by atoms with van der Waals surface area (Å²) in [5.41, 5.74) is 9.70. The standard InChI is InChI=1S/C25H28Cl2N4OS2.ClH/c26-21-8-3-17(14-22(21)27)15-31-11-9-20(10-12-31)29-24(32)2-1-13-33-25-30-23(16-34-25)18-4-6-19(28)7-5-18;/h3-8,14,16,20H,1-2,9-13,15,28H2,(H,29,32);1H. The van der Waals surface area contributed by atoms with Crippen LogP contribution in [0.5, 0.6) is 0 Å². The second-order valence-electron chi connectivity index (χ2n) is 8.44. The Hall–Kier alpha value is -1.48. The molecule has 0 bridgehead atoms. The summed E-state index contributed by atoms with van der Waals surface area (Å²) in [6.45, 7) is 2.77. The summed E-state index contributed by atoms with van der Waals surface area (Å²) < 4.78 is 1.03. The molecule has 1 aliphatic heterocycles. The number of hydrogen-bond donors (Lipinski definition) is 2. The Bertz CT molecular complexity index is 1100. The van der Waals surface area contributed by atoms with E-state index in [9.17, 15) is 4.79 Å². The number of rotatable bonds is 9. The maximum atomic E-state index is 12.4. The summed E-state index contributed by atoms with van der Waals surface area (Å²) in [7, 11) is 0. The topological polar surface area (TPSA) is 71.2 Å². The third-order valence-corrected chi connectivity index (χ3v) is 8.65. The molecule has 3 N–H and O–H groups in total. The lowest BCUT2D eigenvalue weighted by Gasteiger charge is -2.32. The lowest BCUT2D eigenvalue weighted by atomic mass is 10.0. The van der Waals surface area contributed by atoms with E-state index in [2.05, 4.69) is 20.6 Å². The van der Waals surface area contributed by atoms with Crippen molar-refractivity contribution in [1.29, 1.82) is 0 Å². The van der Waals surface area contributed by atoms with Gasteiger partial charge in [0.25, 0.3) is 0 Å². The first-order valence-corrected chi connectivity index (χ1v) is 14.0. The van der Waals surface area contributed by atoms with Crippen LogP contribution < -0.4 is 11.1 Å². The fraction of sp³-hybridized carbons (Fsp3) is 0.360. The van der Waals surface area contributed by atoms with Crippen molar-refractivity contribution in [2.75, 3.05) is 24.6 Å². The third-order valence-electron chi connectivity index (χ3n) is 5.81. The van der Waals surface area contributed by atoms with Crippen molar-refractivity contribution in [3.05, 3.63) is 63.5 Å². The summed E-state index contributed by atoms with van der Waals surface area (Å²) in [4.78, 5) is 19.5. The largest absolute Gasteiger partial charge is 0.399 e. The highest BCUT2D eigenvalue weighted by Crippen LogP contribution is 2.29. The maximum Gasteiger partial charge on any atom is 0.220 e. The molecule has 4 rings (SSSR count). The fourth-order valence-corrected chi connectivity index (χ4v) is 6.10. The van der Waals surface area contributed by atoms with Crippen molar-refractivity contribution in [1.82, 2.24) is 15.2 Å². The van der Waals surface area contributed by atoms with E-state index in [1.165, 1.54) is 0 Å². The highest BCUT2D eigenvalue weighted by atomic mass is 35.5. The molecule has 0 radical (unpaired) electrons. The first-order chi connectivity index (χ1) is 16.5. The molecule has 0 unspecified atom stereocenters. The number of carbonyl (C=O) groups is 1. The number of benzene rings is 2. The van der Waals surface area contributed by atoms with Gasteiger partial charge >= 0.3 is 0 Å². The van der Waals surface area contributed by atoms with E-state index in [0.29, 0.717) is 16.5 Å². The normalized spacial score (nSPS) is 14.5. The smallest absolute Gasteiger partial charge is 0.220 e. The molecule has 1 amide bonds. The number of thiazole rings is 1. The molecule has 3 aromatic rings. The fourth-order valence-electron chi connectivity index (χ4n) is 3.93. The quantitative estimate of drug-likeness (QED) is 0.168. The number of amides is 1. The van der Waals surface area contributed by atoms with Gasteiger partial charge in [0.1, 0.15) is 0 Å². The highest BCUT2D eigenvalue weighted by Gasteiger charge is 2.20. The molecule has 1 aliphatic rings. The van der Waals surface area contributed by atoms with E-state index in [0.717, 1.165) is 71.5 Å². The number of nitrogens with zero attached hydrogens (tertiary/aromatic N) is 2. The molecular formula is C25H29Cl3N4OS2. The van der Waals surface area contributed by atoms with Crippen LogP contribution in [0.1, 0.15) is 31.2 Å². The SMILES string of the molecule is Cl.Nc1ccc(-c2csc(SCCCC(=O)NC3CCN(Cc4ccc(Cl)c(Cl)c4)CC3)n2)cc1. The zero-order valence-electron chi connectivity index (χ0n) is 19.2. The molecule has 0 atom stereocenters. The number of nitrogens with one attached hydrogen (secondary N) is 1. The number of aromatic nitrogens is 1. The van der Waals surface area contributed by atoms with Crippen LogP contribution in [-0.2, 0) is 11.3 Å². The minimum absolute atomic E-state index is 0. The second-order valence-corrected chi connectivity index (χ2v) is 11.5. The molecule has 0 aliphatic carbocycles. The lowest BCUT2D eigenvalue weighted by Crippen LogP contribution is -2.44. The van der Waals surface area contributed by atoms with E-state index >= 15 is 0 Å². The van der Waals surface area contributed by atoms with Gasteiger partial charge in [0, 0.05) is 54.5 Å². The number of thioether (sulfide) groups is 1. The predicted molar refractivity (Wildman–Crippen MR) is 152 cm³/mol. The first kappa shape index (κ1) is 28.1. The summed E-state index contributed by atoms with van der Waals surface area (Å²) >= 11 is 15.5. The maximum absolute atomic E-state index is 12.4. The number of piperidine rings is 1. The van der Waals surface area contributed by atoms with E-state index in [1.807, 2.05) is 42.5 Å². The number of anilines is 1. The zero-order chi connectivity index (χ0) is 23.9. The molecule has 1 saturated heterocycles. The average Bonchev–Trinajstić information content (AvgIpc) is 3.30. The van der Waals surface area contributed by atoms with Gasteiger partial charge in [-0.15, -0.1) is 23.7 Å². The van der Waals surface area contributed by atoms with E-state index in [1.54, 1.807) is 23.1 Å². The Morgan fingerprint density at radius 3 is 2.60 bits per heavy atom. The summed E-state index contributed by atoms with van der Waals surface area (Å²) in [6.07, 6.45) is 3.32. The Labute approximate surface area is 231 Å². The number of carbonyl (C=O) groups excluding carboxylic acids is 1. The molecule has 35 heavy (non-hydrogen) atoms. The summed E-state index contributed by atoms with van der Waals surface area (Å²) in [6, 6.07) is 13.8. The molecule has 0 spiro atoms. The van der Waals surface area contributed by atoms with Crippen molar-refractivity contribution >= 4 is 70.3 Å². The average molecular weight is 572 g/mol. The van der Waals surface area contributed by atoms with Crippen LogP contribution in [0.4, 0.5) is 5.69 Å². The van der Waals surface area contributed by atoms with Crippen molar-refractivity contribution < 1.29 is 4.79 Å². The molecule has 1 aromatic heterocycles. The Balaban J connectivity index is 0.00000342. The number of nitrogen functional groups attached to an aromatic ring is 1. The molecule has 0 saturated carbocycles. The minimum atomic E-state index is 0. The molecule has 2 aromatic carbocycles. The number of hydrogen-bond acceptors (Lipinski definition) is 6. The van der Waals surface area contributed by atoms with Gasteiger partial charge < -0.3 is 11.1 Å². The molecule has 5 nitrogen and oxygen atoms in total. The number of halogens is 3. The predicted octanol–water partition coefficient (Wildman–Crippen LogP) is 6.77. The van der Waals surface area contributed by atoms with Gasteiger partial charge in [0.2, 0.25) is 5.91 Å². The van der Waals surface area contributed by atoms with Gasteiger partial charge in [0.05, 0.1) is 15.7 Å². The molecule has 2 heterocycles. The highest BCUT2D eigenvalue weighted by molar-refractivity contribution is 8.01. The van der Waals surface area contributed by atoms with Crippen LogP contribution >= 0.6 is 58.7 Å². The molecule has 1 fully saturated rings. The van der Waals surface area contributed by atoms with Gasteiger partial charge in [-0.2, -0.15) is 0 Å². The lowest BCUT2D eigenvalue weighted by molar-refractivity contribution is -0.122. The minimum Gasteiger partial charge on any atom is -0.399 e. The van der Waals surface area contributed by atoms with Crippen molar-refractivity contribution in [2.45, 2.75) is 42.6 Å². The molecular weight excluding hydrogens is 543 g/mol. The van der Waals surface area contributed by atoms with Gasteiger partial charge in [-0.3, -0.25) is 9.69 Å². The second kappa shape index (κ2) is 13.7. The van der Waals surface area contributed by atoms with Crippen LogP contribution in [-0.4, -0.2) is 40.7 Å². The van der Waals surface area contributed by atoms with E-state index in [4.69, 9.17) is 28.9 Å². The zero-order valence-corrected chi connectivity index (χ0v) is 23.2. The van der Waals surface area contributed by atoms with Gasteiger partial charge in [-0.1, -0.05) is 53.2 Å². The van der Waals surface area contributed by atoms with Crippen LogP contribution in [0.3, 0.4) is 0 Å². The van der Waals surface area contributed by atoms with Crippen LogP contribution in [0.25, 0.3) is 11.3 Å². The third kappa shape index (κ3) is 8.55. The van der Waals surface area contributed by atoms with Crippen LogP contribution in [0, 0.1) is 0 Å². The molecule has 188 valence electrons. The molecule has 10 heteroatoms. The van der Waals surface area contributed by atoms with Crippen molar-refractivity contribution in [3.8, 4) is 11.3 Å². The monoisotopic (exact) mass is 570 g/mol. The van der Waals surface area contributed by atoms with Gasteiger partial charge in [-0.05, 0) is 49.1 Å². The first-order valence-electron chi connectivity index (χ1n) is 11.4. The number of likely N-dealkylation sites (tertiary alicyclic amines) is 1. The Kier molecular flexibility index (Phi) is 11.0. The van der Waals surface area contributed by atoms with E-state index in [-0.39, 0.29) is 24.4 Å². The summed E-state index contributed by atoms with van der Waals surface area (Å²) in [5, 5.41) is 6.45. The van der Waals surface area contributed by atoms with E-state index < -0.39 is 0 Å². The Morgan fingerprint density at radius 2 is 1.89 bits per heavy atom. The Morgan fingerprint density at radius 1 is 1.14 bits per heavy atom. The van der Waals surface area contributed by atoms with Gasteiger partial charge in [0.15, 0.2) is 4.34 Å². The van der Waals surface area contributed by atoms with Gasteiger partial charge in [-0.25, -0.2) is 4.98 Å².